The summed E-state index contributed by atoms with van der Waals surface area (Å²) in [4.78, 5) is 31.6. The number of carbonyl (C=O) groups excluding carboxylic acids is 1. The predicted molar refractivity (Wildman–Crippen MR) is 129 cm³/mol. The summed E-state index contributed by atoms with van der Waals surface area (Å²) in [5.41, 5.74) is 1.94. The summed E-state index contributed by atoms with van der Waals surface area (Å²) in [7, 11) is 0. The molecular formula is C25H26FN5O3. The normalized spacial score (nSPS) is 14.7. The molecule has 0 saturated carbocycles. The average Bonchev–Trinajstić information content (AvgIpc) is 3.19. The molecule has 2 N–H and O–H groups in total. The number of piperidine rings is 1. The number of nitrogens with one attached hydrogen (secondary N) is 2. The Morgan fingerprint density at radius 1 is 1.21 bits per heavy atom. The highest BCUT2D eigenvalue weighted by Crippen LogP contribution is 2.31. The van der Waals surface area contributed by atoms with E-state index in [0.717, 1.165) is 38.2 Å². The molecular weight excluding hydrogens is 437 g/mol. The number of amides is 1. The van der Waals surface area contributed by atoms with E-state index in [1.54, 1.807) is 31.5 Å². The van der Waals surface area contributed by atoms with Gasteiger partial charge in [-0.1, -0.05) is 6.92 Å². The first-order chi connectivity index (χ1) is 16.4. The molecule has 0 unspecified atom stereocenters. The quantitative estimate of drug-likeness (QED) is 0.439. The first kappa shape index (κ1) is 22.1. The number of benzene rings is 1. The number of hydrogen-bond acceptors (Lipinski definition) is 6. The number of aromatic nitrogens is 2. The van der Waals surface area contributed by atoms with Crippen LogP contribution in [0.3, 0.4) is 0 Å². The van der Waals surface area contributed by atoms with Crippen molar-refractivity contribution in [3.63, 3.8) is 0 Å². The summed E-state index contributed by atoms with van der Waals surface area (Å²) in [5.74, 6) is -1.04. The van der Waals surface area contributed by atoms with E-state index in [4.69, 9.17) is 4.42 Å². The number of nitrogens with zero attached hydrogens (tertiary/aromatic N) is 3. The topological polar surface area (TPSA) is 91.9 Å². The molecule has 176 valence electrons. The lowest BCUT2D eigenvalue weighted by Crippen LogP contribution is -2.42. The second kappa shape index (κ2) is 8.90. The van der Waals surface area contributed by atoms with Crippen molar-refractivity contribution >= 4 is 33.9 Å². The number of pyridine rings is 1. The molecule has 0 aliphatic carbocycles. The van der Waals surface area contributed by atoms with E-state index < -0.39 is 17.3 Å². The van der Waals surface area contributed by atoms with E-state index >= 15 is 0 Å². The summed E-state index contributed by atoms with van der Waals surface area (Å²) in [6, 6.07) is 8.32. The zero-order valence-electron chi connectivity index (χ0n) is 19.1. The maximum absolute atomic E-state index is 14.4. The van der Waals surface area contributed by atoms with Crippen LogP contribution in [0, 0.1) is 12.7 Å². The van der Waals surface area contributed by atoms with Crippen LogP contribution in [0.4, 0.5) is 15.8 Å². The van der Waals surface area contributed by atoms with Crippen molar-refractivity contribution in [3.8, 4) is 0 Å². The third kappa shape index (κ3) is 4.14. The Bertz CT molecular complexity index is 1440. The van der Waals surface area contributed by atoms with Crippen molar-refractivity contribution in [1.82, 2.24) is 14.7 Å². The lowest BCUT2D eigenvalue weighted by Gasteiger charge is -2.34. The fourth-order valence-electron chi connectivity index (χ4n) is 4.66. The molecule has 8 nitrogen and oxygen atoms in total. The van der Waals surface area contributed by atoms with Crippen LogP contribution in [-0.2, 0) is 0 Å². The number of aryl methyl sites for hydroxylation is 1. The number of carbonyl (C=O) groups is 1. The van der Waals surface area contributed by atoms with Gasteiger partial charge in [-0.2, -0.15) is 0 Å². The minimum Gasteiger partial charge on any atom is -0.422 e. The number of rotatable bonds is 5. The molecule has 0 atom stereocenters. The largest absolute Gasteiger partial charge is 0.422 e. The Balaban J connectivity index is 1.47. The van der Waals surface area contributed by atoms with E-state index in [-0.39, 0.29) is 22.5 Å². The van der Waals surface area contributed by atoms with Crippen LogP contribution in [-0.4, -0.2) is 41.0 Å². The molecule has 1 aromatic carbocycles. The first-order valence-corrected chi connectivity index (χ1v) is 11.4. The molecule has 1 amide bonds. The van der Waals surface area contributed by atoms with Gasteiger partial charge in [0, 0.05) is 54.7 Å². The highest BCUT2D eigenvalue weighted by atomic mass is 19.1. The second-order valence-electron chi connectivity index (χ2n) is 8.59. The lowest BCUT2D eigenvalue weighted by atomic mass is 10.0. The molecule has 1 saturated heterocycles. The predicted octanol–water partition coefficient (Wildman–Crippen LogP) is 3.72. The number of fused-ring (bicyclic) bond motifs is 2. The smallest absolute Gasteiger partial charge is 0.336 e. The molecule has 0 bridgehead atoms. The zero-order chi connectivity index (χ0) is 23.8. The van der Waals surface area contributed by atoms with Gasteiger partial charge in [0.1, 0.15) is 0 Å². The van der Waals surface area contributed by atoms with Gasteiger partial charge in [-0.05, 0) is 44.5 Å². The van der Waals surface area contributed by atoms with Gasteiger partial charge in [-0.15, -0.1) is 0 Å². The second-order valence-corrected chi connectivity index (χ2v) is 8.59. The lowest BCUT2D eigenvalue weighted by molar-refractivity contribution is 0.102. The summed E-state index contributed by atoms with van der Waals surface area (Å²) in [6.07, 6.45) is 5.29. The number of imidazole rings is 1. The molecule has 3 aromatic heterocycles. The van der Waals surface area contributed by atoms with Gasteiger partial charge >= 0.3 is 5.63 Å². The van der Waals surface area contributed by atoms with E-state index in [2.05, 4.69) is 27.4 Å². The van der Waals surface area contributed by atoms with Crippen molar-refractivity contribution in [2.24, 2.45) is 0 Å². The molecule has 5 rings (SSSR count). The van der Waals surface area contributed by atoms with Gasteiger partial charge in [0.05, 0.1) is 16.9 Å². The summed E-state index contributed by atoms with van der Waals surface area (Å²) < 4.78 is 21.5. The van der Waals surface area contributed by atoms with Crippen LogP contribution in [0.25, 0.3) is 16.6 Å². The SMILES string of the molecule is CCNC1CCN(c2ccc(C(=O)Nc3cc(F)c4nc(C)cn4c3)c3oc(=O)ccc23)CC1. The Morgan fingerprint density at radius 3 is 2.76 bits per heavy atom. The summed E-state index contributed by atoms with van der Waals surface area (Å²) >= 11 is 0. The minimum absolute atomic E-state index is 0.189. The summed E-state index contributed by atoms with van der Waals surface area (Å²) in [5, 5.41) is 6.91. The van der Waals surface area contributed by atoms with Gasteiger partial charge in [0.25, 0.3) is 5.91 Å². The van der Waals surface area contributed by atoms with Crippen molar-refractivity contribution in [3.05, 3.63) is 70.2 Å². The number of halogens is 1. The van der Waals surface area contributed by atoms with Gasteiger partial charge in [-0.25, -0.2) is 14.2 Å². The van der Waals surface area contributed by atoms with Crippen LogP contribution in [0.15, 0.2) is 51.9 Å². The van der Waals surface area contributed by atoms with Gasteiger partial charge < -0.3 is 24.4 Å². The molecule has 0 spiro atoms. The Kier molecular flexibility index (Phi) is 5.79. The maximum atomic E-state index is 14.4. The van der Waals surface area contributed by atoms with Crippen LogP contribution >= 0.6 is 0 Å². The minimum atomic E-state index is -0.543. The van der Waals surface area contributed by atoms with Crippen LogP contribution in [0.1, 0.15) is 35.8 Å². The van der Waals surface area contributed by atoms with Crippen molar-refractivity contribution in [2.45, 2.75) is 32.7 Å². The Hall–Kier alpha value is -3.72. The van der Waals surface area contributed by atoms with E-state index in [0.29, 0.717) is 17.1 Å². The standard InChI is InChI=1S/C25H26FN5O3/c1-3-27-16-8-10-30(11-9-16)21-6-4-19(23-18(21)5-7-22(32)34-23)25(33)29-17-12-20(26)24-28-15(2)13-31(24)14-17/h4-7,12-14,16,27H,3,8-11H2,1-2H3,(H,29,33). The Labute approximate surface area is 195 Å². The number of hydrogen-bond donors (Lipinski definition) is 2. The monoisotopic (exact) mass is 463 g/mol. The fraction of sp³-hybridized carbons (Fsp3) is 0.320. The molecule has 1 aliphatic heterocycles. The maximum Gasteiger partial charge on any atom is 0.336 e. The van der Waals surface area contributed by atoms with Crippen molar-refractivity contribution in [1.29, 1.82) is 0 Å². The average molecular weight is 464 g/mol. The zero-order valence-corrected chi connectivity index (χ0v) is 19.1. The van der Waals surface area contributed by atoms with Crippen LogP contribution < -0.4 is 21.2 Å². The number of anilines is 2. The summed E-state index contributed by atoms with van der Waals surface area (Å²) in [6.45, 7) is 6.54. The van der Waals surface area contributed by atoms with Gasteiger partial charge in [0.2, 0.25) is 0 Å². The molecule has 4 aromatic rings. The molecule has 4 heterocycles. The molecule has 1 aliphatic rings. The molecule has 34 heavy (non-hydrogen) atoms. The Morgan fingerprint density at radius 2 is 2.00 bits per heavy atom. The van der Waals surface area contributed by atoms with Crippen LogP contribution in [0.2, 0.25) is 0 Å². The van der Waals surface area contributed by atoms with Gasteiger partial charge in [-0.3, -0.25) is 4.79 Å². The van der Waals surface area contributed by atoms with Crippen molar-refractivity contribution in [2.75, 3.05) is 29.9 Å². The van der Waals surface area contributed by atoms with E-state index in [1.165, 1.54) is 16.5 Å². The highest BCUT2D eigenvalue weighted by Gasteiger charge is 2.23. The molecule has 0 radical (unpaired) electrons. The molecule has 9 heteroatoms. The third-order valence-corrected chi connectivity index (χ3v) is 6.22. The third-order valence-electron chi connectivity index (χ3n) is 6.22. The van der Waals surface area contributed by atoms with E-state index in [1.807, 2.05) is 6.07 Å². The fourth-order valence-corrected chi connectivity index (χ4v) is 4.66. The highest BCUT2D eigenvalue weighted by molar-refractivity contribution is 6.13. The van der Waals surface area contributed by atoms with Crippen molar-refractivity contribution < 1.29 is 13.6 Å². The molecule has 1 fully saturated rings. The van der Waals surface area contributed by atoms with Crippen LogP contribution in [0.5, 0.6) is 0 Å². The van der Waals surface area contributed by atoms with Gasteiger partial charge in [0.15, 0.2) is 17.0 Å². The first-order valence-electron chi connectivity index (χ1n) is 11.4. The van der Waals surface area contributed by atoms with E-state index in [9.17, 15) is 14.0 Å².